The number of fused-ring (bicyclic) bond motifs is 1. The van der Waals surface area contributed by atoms with Crippen LogP contribution in [0.1, 0.15) is 32.1 Å². The SMILES string of the molecule is COC(=O)CCCN1CCCCC1.COc1ccc(-c2c(-c3ccccc3)oc3nc[nH]c(=O)c23)cc1F. The van der Waals surface area contributed by atoms with Crippen molar-refractivity contribution in [1.29, 1.82) is 0 Å². The van der Waals surface area contributed by atoms with Crippen LogP contribution in [-0.2, 0) is 9.53 Å². The molecule has 8 nitrogen and oxygen atoms in total. The highest BCUT2D eigenvalue weighted by atomic mass is 19.1. The molecule has 0 bridgehead atoms. The molecule has 38 heavy (non-hydrogen) atoms. The molecule has 4 aromatic rings. The summed E-state index contributed by atoms with van der Waals surface area (Å²) >= 11 is 0. The van der Waals surface area contributed by atoms with Crippen LogP contribution >= 0.6 is 0 Å². The van der Waals surface area contributed by atoms with Gasteiger partial charge in [0.25, 0.3) is 5.56 Å². The zero-order chi connectivity index (χ0) is 26.9. The second kappa shape index (κ2) is 13.0. The van der Waals surface area contributed by atoms with Crippen molar-refractivity contribution in [2.75, 3.05) is 33.9 Å². The first-order chi connectivity index (χ1) is 18.5. The summed E-state index contributed by atoms with van der Waals surface area (Å²) in [4.78, 5) is 32.2. The van der Waals surface area contributed by atoms with Crippen LogP contribution < -0.4 is 10.3 Å². The van der Waals surface area contributed by atoms with Gasteiger partial charge in [0.15, 0.2) is 11.6 Å². The van der Waals surface area contributed by atoms with E-state index in [-0.39, 0.29) is 28.4 Å². The van der Waals surface area contributed by atoms with E-state index in [0.29, 0.717) is 23.3 Å². The summed E-state index contributed by atoms with van der Waals surface area (Å²) in [6.07, 6.45) is 6.78. The quantitative estimate of drug-likeness (QED) is 0.324. The lowest BCUT2D eigenvalue weighted by atomic mass is 9.99. The van der Waals surface area contributed by atoms with E-state index in [4.69, 9.17) is 9.15 Å². The van der Waals surface area contributed by atoms with Gasteiger partial charge in [-0.1, -0.05) is 42.8 Å². The zero-order valence-corrected chi connectivity index (χ0v) is 21.7. The summed E-state index contributed by atoms with van der Waals surface area (Å²) in [5.74, 6) is -0.0140. The first kappa shape index (κ1) is 27.1. The Morgan fingerprint density at radius 1 is 1.08 bits per heavy atom. The third-order valence-electron chi connectivity index (χ3n) is 6.50. The molecule has 3 heterocycles. The summed E-state index contributed by atoms with van der Waals surface area (Å²) in [5.41, 5.74) is 1.63. The van der Waals surface area contributed by atoms with E-state index >= 15 is 0 Å². The molecule has 200 valence electrons. The summed E-state index contributed by atoms with van der Waals surface area (Å²) in [5, 5.41) is 0.283. The first-order valence-corrected chi connectivity index (χ1v) is 12.7. The molecule has 0 unspecified atom stereocenters. The minimum atomic E-state index is -0.520. The molecule has 1 aliphatic heterocycles. The van der Waals surface area contributed by atoms with Crippen molar-refractivity contribution in [3.05, 3.63) is 71.0 Å². The van der Waals surface area contributed by atoms with Crippen molar-refractivity contribution in [2.24, 2.45) is 0 Å². The number of H-pyrrole nitrogens is 1. The maximum Gasteiger partial charge on any atom is 0.305 e. The number of hydrogen-bond acceptors (Lipinski definition) is 7. The fourth-order valence-electron chi connectivity index (χ4n) is 4.56. The van der Waals surface area contributed by atoms with Gasteiger partial charge in [0, 0.05) is 17.5 Å². The van der Waals surface area contributed by atoms with Crippen molar-refractivity contribution < 1.29 is 23.1 Å². The fraction of sp³-hybridized carbons (Fsp3) is 0.345. The Bertz CT molecular complexity index is 1410. The molecule has 0 atom stereocenters. The predicted molar refractivity (Wildman–Crippen MR) is 144 cm³/mol. The van der Waals surface area contributed by atoms with Gasteiger partial charge < -0.3 is 23.8 Å². The number of esters is 1. The second-order valence-corrected chi connectivity index (χ2v) is 9.02. The van der Waals surface area contributed by atoms with E-state index in [1.165, 1.54) is 65.0 Å². The molecular formula is C29H32FN3O5. The summed E-state index contributed by atoms with van der Waals surface area (Å²) in [6, 6.07) is 13.8. The van der Waals surface area contributed by atoms with E-state index in [1.54, 1.807) is 6.07 Å². The topological polar surface area (TPSA) is 97.7 Å². The van der Waals surface area contributed by atoms with Crippen LogP contribution in [0.3, 0.4) is 0 Å². The van der Waals surface area contributed by atoms with Gasteiger partial charge in [-0.3, -0.25) is 9.59 Å². The van der Waals surface area contributed by atoms with Gasteiger partial charge in [0.05, 0.1) is 20.5 Å². The van der Waals surface area contributed by atoms with Crippen LogP contribution in [0.2, 0.25) is 0 Å². The molecule has 1 aliphatic rings. The number of piperidine rings is 1. The molecule has 0 spiro atoms. The predicted octanol–water partition coefficient (Wildman–Crippen LogP) is 5.42. The zero-order valence-electron chi connectivity index (χ0n) is 21.7. The summed E-state index contributed by atoms with van der Waals surface area (Å²) < 4.78 is 29.6. The van der Waals surface area contributed by atoms with Crippen molar-refractivity contribution in [2.45, 2.75) is 32.1 Å². The minimum Gasteiger partial charge on any atom is -0.494 e. The van der Waals surface area contributed by atoms with Gasteiger partial charge in [0.1, 0.15) is 11.1 Å². The third kappa shape index (κ3) is 6.47. The molecule has 0 aliphatic carbocycles. The molecule has 1 saturated heterocycles. The highest BCUT2D eigenvalue weighted by molar-refractivity contribution is 5.99. The lowest BCUT2D eigenvalue weighted by molar-refractivity contribution is -0.140. The van der Waals surface area contributed by atoms with E-state index in [9.17, 15) is 14.0 Å². The average Bonchev–Trinajstić information content (AvgIpc) is 3.35. The Kier molecular flexibility index (Phi) is 9.26. The molecule has 9 heteroatoms. The number of methoxy groups -OCH3 is 2. The number of nitrogens with one attached hydrogen (secondary N) is 1. The number of aromatic amines is 1. The fourth-order valence-corrected chi connectivity index (χ4v) is 4.56. The Morgan fingerprint density at radius 3 is 2.53 bits per heavy atom. The number of aromatic nitrogens is 2. The largest absolute Gasteiger partial charge is 0.494 e. The standard InChI is InChI=1S/C19H13FN2O3.C10H19NO2/c1-24-14-8-7-12(9-13(14)20)15-16-18(23)21-10-22-19(16)25-17(15)11-5-3-2-4-6-11;1-13-10(12)6-5-9-11-7-3-2-4-8-11/h2-10H,1H3,(H,21,22,23);2-9H2,1H3. The van der Waals surface area contributed by atoms with Gasteiger partial charge in [-0.15, -0.1) is 0 Å². The molecule has 0 amide bonds. The minimum absolute atomic E-state index is 0.0861. The Morgan fingerprint density at radius 2 is 1.84 bits per heavy atom. The normalized spacial score (nSPS) is 13.6. The van der Waals surface area contributed by atoms with Crippen LogP contribution in [0.25, 0.3) is 33.6 Å². The highest BCUT2D eigenvalue weighted by Gasteiger charge is 2.22. The maximum absolute atomic E-state index is 14.2. The van der Waals surface area contributed by atoms with Gasteiger partial charge in [-0.25, -0.2) is 9.37 Å². The number of likely N-dealkylation sites (tertiary alicyclic amines) is 1. The van der Waals surface area contributed by atoms with Gasteiger partial charge in [-0.05, 0) is 56.6 Å². The summed E-state index contributed by atoms with van der Waals surface area (Å²) in [6.45, 7) is 3.47. The van der Waals surface area contributed by atoms with Crippen LogP contribution in [0.5, 0.6) is 5.75 Å². The third-order valence-corrected chi connectivity index (χ3v) is 6.50. The number of carbonyl (C=O) groups excluding carboxylic acids is 1. The first-order valence-electron chi connectivity index (χ1n) is 12.7. The van der Waals surface area contributed by atoms with E-state index in [0.717, 1.165) is 18.5 Å². The summed E-state index contributed by atoms with van der Waals surface area (Å²) in [7, 11) is 2.85. The van der Waals surface area contributed by atoms with E-state index < -0.39 is 5.82 Å². The van der Waals surface area contributed by atoms with Crippen molar-refractivity contribution >= 4 is 17.1 Å². The monoisotopic (exact) mass is 521 g/mol. The molecule has 2 aromatic heterocycles. The lowest BCUT2D eigenvalue weighted by Crippen LogP contribution is -2.30. The number of rotatable bonds is 7. The van der Waals surface area contributed by atoms with Crippen molar-refractivity contribution in [1.82, 2.24) is 14.9 Å². The van der Waals surface area contributed by atoms with Gasteiger partial charge >= 0.3 is 5.97 Å². The average molecular weight is 522 g/mol. The molecule has 5 rings (SSSR count). The van der Waals surface area contributed by atoms with E-state index in [1.807, 2.05) is 30.3 Å². The van der Waals surface area contributed by atoms with Crippen molar-refractivity contribution in [3.8, 4) is 28.2 Å². The molecule has 0 saturated carbocycles. The highest BCUT2D eigenvalue weighted by Crippen LogP contribution is 2.39. The lowest BCUT2D eigenvalue weighted by Gasteiger charge is -2.25. The van der Waals surface area contributed by atoms with Gasteiger partial charge in [0.2, 0.25) is 5.71 Å². The van der Waals surface area contributed by atoms with Crippen molar-refractivity contribution in [3.63, 3.8) is 0 Å². The number of halogens is 1. The van der Waals surface area contributed by atoms with Crippen LogP contribution in [-0.4, -0.2) is 54.7 Å². The van der Waals surface area contributed by atoms with Crippen LogP contribution in [0.4, 0.5) is 4.39 Å². The second-order valence-electron chi connectivity index (χ2n) is 9.02. The maximum atomic E-state index is 14.2. The number of nitrogens with zero attached hydrogens (tertiary/aromatic N) is 2. The molecule has 1 N–H and O–H groups in total. The number of carbonyl (C=O) groups is 1. The number of hydrogen-bond donors (Lipinski definition) is 1. The van der Waals surface area contributed by atoms with Crippen LogP contribution in [0, 0.1) is 5.82 Å². The Labute approximate surface area is 220 Å². The Hall–Kier alpha value is -3.98. The molecule has 0 radical (unpaired) electrons. The van der Waals surface area contributed by atoms with Crippen LogP contribution in [0.15, 0.2) is 64.1 Å². The number of benzene rings is 2. The Balaban J connectivity index is 0.000000219. The number of ether oxygens (including phenoxy) is 2. The van der Waals surface area contributed by atoms with Gasteiger partial charge in [-0.2, -0.15) is 0 Å². The molecule has 1 fully saturated rings. The number of furan rings is 1. The smallest absolute Gasteiger partial charge is 0.305 e. The van der Waals surface area contributed by atoms with E-state index in [2.05, 4.69) is 19.6 Å². The molecule has 2 aromatic carbocycles. The molecular weight excluding hydrogens is 489 g/mol.